The highest BCUT2D eigenvalue weighted by atomic mass is 32.1. The maximum absolute atomic E-state index is 11.7. The molecule has 1 amide bonds. The molecule has 4 heteroatoms. The van der Waals surface area contributed by atoms with Crippen LogP contribution in [0.4, 0.5) is 0 Å². The summed E-state index contributed by atoms with van der Waals surface area (Å²) in [7, 11) is 0. The van der Waals surface area contributed by atoms with Gasteiger partial charge in [0.05, 0.1) is 0 Å². The second kappa shape index (κ2) is 5.37. The minimum Gasteiger partial charge on any atom is -0.396 e. The van der Waals surface area contributed by atoms with E-state index >= 15 is 0 Å². The van der Waals surface area contributed by atoms with Crippen LogP contribution in [0, 0.1) is 5.41 Å². The van der Waals surface area contributed by atoms with Gasteiger partial charge in [-0.2, -0.15) is 0 Å². The molecule has 1 rings (SSSR count). The minimum absolute atomic E-state index is 0.0416. The maximum Gasteiger partial charge on any atom is 0.251 e. The molecule has 0 heterocycles. The molecule has 16 heavy (non-hydrogen) atoms. The van der Waals surface area contributed by atoms with Crippen LogP contribution in [0.3, 0.4) is 0 Å². The molecule has 0 saturated carbocycles. The van der Waals surface area contributed by atoms with Crippen molar-refractivity contribution in [2.24, 2.45) is 5.41 Å². The summed E-state index contributed by atoms with van der Waals surface area (Å²) in [5, 5.41) is 11.8. The predicted molar refractivity (Wildman–Crippen MR) is 66.9 cm³/mol. The summed E-state index contributed by atoms with van der Waals surface area (Å²) in [5.41, 5.74) is 0.287. The largest absolute Gasteiger partial charge is 0.396 e. The van der Waals surface area contributed by atoms with E-state index in [1.54, 1.807) is 18.2 Å². The van der Waals surface area contributed by atoms with Crippen LogP contribution in [0.1, 0.15) is 24.2 Å². The quantitative estimate of drug-likeness (QED) is 0.701. The van der Waals surface area contributed by atoms with Crippen molar-refractivity contribution in [1.29, 1.82) is 0 Å². The molecule has 0 aromatic heterocycles. The van der Waals surface area contributed by atoms with Gasteiger partial charge in [0.2, 0.25) is 0 Å². The second-order valence-electron chi connectivity index (χ2n) is 4.56. The Hall–Kier alpha value is -1.00. The number of thiol groups is 1. The molecule has 88 valence electrons. The Labute approximate surface area is 101 Å². The zero-order chi connectivity index (χ0) is 12.2. The average molecular weight is 239 g/mol. The fraction of sp³-hybridized carbons (Fsp3) is 0.417. The number of hydrogen-bond donors (Lipinski definition) is 3. The summed E-state index contributed by atoms with van der Waals surface area (Å²) in [6.07, 6.45) is 0. The highest BCUT2D eigenvalue weighted by molar-refractivity contribution is 7.80. The molecule has 0 atom stereocenters. The van der Waals surface area contributed by atoms with Gasteiger partial charge in [0.15, 0.2) is 0 Å². The van der Waals surface area contributed by atoms with Gasteiger partial charge in [-0.05, 0) is 18.2 Å². The smallest absolute Gasteiger partial charge is 0.251 e. The standard InChI is InChI=1S/C12H17NO2S/c1-12(2,8-14)7-13-11(15)9-4-3-5-10(16)6-9/h3-6,14,16H,7-8H2,1-2H3,(H,13,15). The lowest BCUT2D eigenvalue weighted by Gasteiger charge is -2.21. The third-order valence-electron chi connectivity index (χ3n) is 2.26. The predicted octanol–water partition coefficient (Wildman–Crippen LogP) is 1.72. The SMILES string of the molecule is CC(C)(CO)CNC(=O)c1cccc(S)c1. The Balaban J connectivity index is 2.60. The lowest BCUT2D eigenvalue weighted by Crippen LogP contribution is -2.36. The zero-order valence-electron chi connectivity index (χ0n) is 9.53. The number of nitrogens with one attached hydrogen (secondary N) is 1. The van der Waals surface area contributed by atoms with Crippen LogP contribution in [0.15, 0.2) is 29.2 Å². The van der Waals surface area contributed by atoms with Gasteiger partial charge in [0.1, 0.15) is 0 Å². The Morgan fingerprint density at radius 3 is 2.75 bits per heavy atom. The third kappa shape index (κ3) is 3.87. The molecule has 0 spiro atoms. The van der Waals surface area contributed by atoms with Gasteiger partial charge in [-0.1, -0.05) is 19.9 Å². The van der Waals surface area contributed by atoms with Crippen LogP contribution in [-0.4, -0.2) is 24.2 Å². The van der Waals surface area contributed by atoms with E-state index in [1.165, 1.54) is 0 Å². The van der Waals surface area contributed by atoms with E-state index in [2.05, 4.69) is 17.9 Å². The average Bonchev–Trinajstić information content (AvgIpc) is 2.26. The first-order valence-corrected chi connectivity index (χ1v) is 5.57. The topological polar surface area (TPSA) is 49.3 Å². The number of carbonyl (C=O) groups excluding carboxylic acids is 1. The fourth-order valence-electron chi connectivity index (χ4n) is 1.12. The van der Waals surface area contributed by atoms with Gasteiger partial charge < -0.3 is 10.4 Å². The highest BCUT2D eigenvalue weighted by Crippen LogP contribution is 2.12. The van der Waals surface area contributed by atoms with E-state index in [0.717, 1.165) is 4.90 Å². The van der Waals surface area contributed by atoms with Crippen molar-refractivity contribution in [2.75, 3.05) is 13.2 Å². The molecule has 0 saturated heterocycles. The molecule has 3 nitrogen and oxygen atoms in total. The lowest BCUT2D eigenvalue weighted by molar-refractivity contribution is 0.0911. The van der Waals surface area contributed by atoms with Gasteiger partial charge in [-0.3, -0.25) is 4.79 Å². The number of hydrogen-bond acceptors (Lipinski definition) is 3. The van der Waals surface area contributed by atoms with Crippen molar-refractivity contribution < 1.29 is 9.90 Å². The second-order valence-corrected chi connectivity index (χ2v) is 5.07. The van der Waals surface area contributed by atoms with Gasteiger partial charge in [0.25, 0.3) is 5.91 Å². The molecule has 0 fully saturated rings. The first-order valence-electron chi connectivity index (χ1n) is 5.13. The Morgan fingerprint density at radius 2 is 2.19 bits per heavy atom. The Morgan fingerprint density at radius 1 is 1.50 bits per heavy atom. The molecule has 1 aromatic carbocycles. The van der Waals surface area contributed by atoms with Gasteiger partial charge in [0, 0.05) is 29.0 Å². The van der Waals surface area contributed by atoms with Crippen LogP contribution in [0.5, 0.6) is 0 Å². The van der Waals surface area contributed by atoms with Crippen LogP contribution >= 0.6 is 12.6 Å². The molecule has 0 aliphatic rings. The molecule has 2 N–H and O–H groups in total. The van der Waals surface area contributed by atoms with Crippen molar-refractivity contribution in [2.45, 2.75) is 18.7 Å². The van der Waals surface area contributed by atoms with E-state index in [1.807, 2.05) is 19.9 Å². The fourth-order valence-corrected chi connectivity index (χ4v) is 1.35. The van der Waals surface area contributed by atoms with Crippen molar-refractivity contribution in [3.8, 4) is 0 Å². The number of aliphatic hydroxyl groups excluding tert-OH is 1. The van der Waals surface area contributed by atoms with E-state index in [-0.39, 0.29) is 17.9 Å². The first kappa shape index (κ1) is 13.1. The lowest BCUT2D eigenvalue weighted by atomic mass is 9.95. The van der Waals surface area contributed by atoms with E-state index in [0.29, 0.717) is 12.1 Å². The number of rotatable bonds is 4. The van der Waals surface area contributed by atoms with Gasteiger partial charge in [-0.25, -0.2) is 0 Å². The normalized spacial score (nSPS) is 11.2. The molecular weight excluding hydrogens is 222 g/mol. The van der Waals surface area contributed by atoms with Crippen molar-refractivity contribution in [3.05, 3.63) is 29.8 Å². The summed E-state index contributed by atoms with van der Waals surface area (Å²) in [6, 6.07) is 7.05. The Kier molecular flexibility index (Phi) is 4.38. The number of carbonyl (C=O) groups is 1. The van der Waals surface area contributed by atoms with E-state index in [9.17, 15) is 4.79 Å². The summed E-state index contributed by atoms with van der Waals surface area (Å²) < 4.78 is 0. The Bertz CT molecular complexity index is 377. The van der Waals surface area contributed by atoms with E-state index in [4.69, 9.17) is 5.11 Å². The van der Waals surface area contributed by atoms with Crippen LogP contribution in [0.2, 0.25) is 0 Å². The summed E-state index contributed by atoms with van der Waals surface area (Å²) in [4.78, 5) is 12.5. The van der Waals surface area contributed by atoms with Crippen molar-refractivity contribution in [3.63, 3.8) is 0 Å². The molecule has 0 bridgehead atoms. The number of amides is 1. The van der Waals surface area contributed by atoms with E-state index < -0.39 is 0 Å². The molecule has 0 radical (unpaired) electrons. The van der Waals surface area contributed by atoms with Gasteiger partial charge >= 0.3 is 0 Å². The van der Waals surface area contributed by atoms with Crippen LogP contribution in [0.25, 0.3) is 0 Å². The summed E-state index contributed by atoms with van der Waals surface area (Å²) in [5.74, 6) is -0.141. The molecule has 0 aliphatic heterocycles. The van der Waals surface area contributed by atoms with Crippen LogP contribution < -0.4 is 5.32 Å². The zero-order valence-corrected chi connectivity index (χ0v) is 10.4. The number of benzene rings is 1. The maximum atomic E-state index is 11.7. The third-order valence-corrected chi connectivity index (χ3v) is 2.54. The highest BCUT2D eigenvalue weighted by Gasteiger charge is 2.17. The summed E-state index contributed by atoms with van der Waals surface area (Å²) >= 11 is 4.17. The van der Waals surface area contributed by atoms with Crippen molar-refractivity contribution >= 4 is 18.5 Å². The molecular formula is C12H17NO2S. The first-order chi connectivity index (χ1) is 7.44. The molecule has 1 aromatic rings. The molecule has 0 unspecified atom stereocenters. The number of aliphatic hydroxyl groups is 1. The van der Waals surface area contributed by atoms with Gasteiger partial charge in [-0.15, -0.1) is 12.6 Å². The van der Waals surface area contributed by atoms with Crippen LogP contribution in [-0.2, 0) is 0 Å². The molecule has 0 aliphatic carbocycles. The monoisotopic (exact) mass is 239 g/mol. The minimum atomic E-state index is -0.297. The summed E-state index contributed by atoms with van der Waals surface area (Å²) in [6.45, 7) is 4.27. The van der Waals surface area contributed by atoms with Crippen molar-refractivity contribution in [1.82, 2.24) is 5.32 Å².